The van der Waals surface area contributed by atoms with Crippen LogP contribution in [0.3, 0.4) is 0 Å². The maximum Gasteiger partial charge on any atom is 0.340 e. The van der Waals surface area contributed by atoms with Crippen molar-refractivity contribution in [3.8, 4) is 0 Å². The second-order valence-corrected chi connectivity index (χ2v) is 7.18. The third-order valence-electron chi connectivity index (χ3n) is 5.17. The number of aromatic nitrogens is 2. The van der Waals surface area contributed by atoms with Crippen molar-refractivity contribution in [2.45, 2.75) is 32.5 Å². The molecule has 2 aliphatic heterocycles. The molecular weight excluding hydrogens is 372 g/mol. The summed E-state index contributed by atoms with van der Waals surface area (Å²) in [6.45, 7) is 6.98. The Morgan fingerprint density at radius 2 is 1.93 bits per heavy atom. The van der Waals surface area contributed by atoms with E-state index in [0.29, 0.717) is 37.0 Å². The Bertz CT molecular complexity index is 873. The third-order valence-corrected chi connectivity index (χ3v) is 5.17. The summed E-state index contributed by atoms with van der Waals surface area (Å²) in [6, 6.07) is 9.17. The van der Waals surface area contributed by atoms with E-state index in [0.717, 1.165) is 37.4 Å². The number of aryl methyl sites for hydroxylation is 1. The first-order valence-corrected chi connectivity index (χ1v) is 10.0. The number of esters is 1. The summed E-state index contributed by atoms with van der Waals surface area (Å²) in [6.07, 6.45) is 1.62. The molecule has 0 radical (unpaired) electrons. The maximum atomic E-state index is 12.2. The molecule has 1 aromatic carbocycles. The molecule has 3 heterocycles. The Labute approximate surface area is 170 Å². The van der Waals surface area contributed by atoms with E-state index in [1.165, 1.54) is 0 Å². The van der Waals surface area contributed by atoms with Gasteiger partial charge in [0.1, 0.15) is 5.82 Å². The number of carbonyl (C=O) groups is 1. The lowest BCUT2D eigenvalue weighted by Crippen LogP contribution is -2.45. The molecule has 2 fully saturated rings. The number of nitrogens with one attached hydrogen (secondary N) is 1. The lowest BCUT2D eigenvalue weighted by atomic mass is 10.0. The van der Waals surface area contributed by atoms with Gasteiger partial charge >= 0.3 is 5.97 Å². The van der Waals surface area contributed by atoms with E-state index in [-0.39, 0.29) is 5.97 Å². The molecule has 8 heteroatoms. The molecule has 4 rings (SSSR count). The SMILES string of the molecule is CCOC(=O)c1ccccc1Nc1nc(C)cc(N2CCC3(CC2)OCCO3)n1. The van der Waals surface area contributed by atoms with E-state index >= 15 is 0 Å². The van der Waals surface area contributed by atoms with Gasteiger partial charge in [0, 0.05) is 37.7 Å². The quantitative estimate of drug-likeness (QED) is 0.769. The average Bonchev–Trinajstić information content (AvgIpc) is 3.16. The third kappa shape index (κ3) is 4.33. The van der Waals surface area contributed by atoms with Crippen LogP contribution < -0.4 is 10.2 Å². The lowest BCUT2D eigenvalue weighted by Gasteiger charge is -2.38. The van der Waals surface area contributed by atoms with Gasteiger partial charge in [0.2, 0.25) is 5.95 Å². The van der Waals surface area contributed by atoms with Crippen LogP contribution in [0.1, 0.15) is 35.8 Å². The van der Waals surface area contributed by atoms with E-state index in [9.17, 15) is 4.79 Å². The second kappa shape index (κ2) is 8.34. The molecule has 0 saturated carbocycles. The predicted octanol–water partition coefficient (Wildman–Crippen LogP) is 3.05. The molecule has 0 atom stereocenters. The number of ether oxygens (including phenoxy) is 3. The van der Waals surface area contributed by atoms with E-state index in [1.807, 2.05) is 25.1 Å². The minimum Gasteiger partial charge on any atom is -0.462 e. The number of hydrogen-bond donors (Lipinski definition) is 1. The fourth-order valence-electron chi connectivity index (χ4n) is 3.73. The first kappa shape index (κ1) is 19.6. The van der Waals surface area contributed by atoms with Gasteiger partial charge < -0.3 is 24.4 Å². The monoisotopic (exact) mass is 398 g/mol. The van der Waals surface area contributed by atoms with Crippen LogP contribution in [-0.2, 0) is 14.2 Å². The van der Waals surface area contributed by atoms with Gasteiger partial charge in [-0.05, 0) is 26.0 Å². The van der Waals surface area contributed by atoms with Crippen molar-refractivity contribution < 1.29 is 19.0 Å². The predicted molar refractivity (Wildman–Crippen MR) is 109 cm³/mol. The standard InChI is InChI=1S/C21H26N4O4/c1-3-27-19(26)16-6-4-5-7-17(16)23-20-22-15(2)14-18(24-20)25-10-8-21(9-11-25)28-12-13-29-21/h4-7,14H,3,8-13H2,1-2H3,(H,22,23,24). The largest absolute Gasteiger partial charge is 0.462 e. The Morgan fingerprint density at radius 3 is 2.66 bits per heavy atom. The Hall–Kier alpha value is -2.71. The first-order chi connectivity index (χ1) is 14.1. The number of rotatable bonds is 5. The van der Waals surface area contributed by atoms with Crippen LogP contribution in [0, 0.1) is 6.92 Å². The number of piperidine rings is 1. The number of hydrogen-bond acceptors (Lipinski definition) is 8. The Kier molecular flexibility index (Phi) is 5.64. The number of benzene rings is 1. The number of nitrogens with zero attached hydrogens (tertiary/aromatic N) is 3. The molecule has 2 saturated heterocycles. The smallest absolute Gasteiger partial charge is 0.340 e. The summed E-state index contributed by atoms with van der Waals surface area (Å²) in [4.78, 5) is 23.6. The van der Waals surface area contributed by atoms with Gasteiger partial charge in [-0.3, -0.25) is 0 Å². The zero-order chi connectivity index (χ0) is 20.3. The molecule has 29 heavy (non-hydrogen) atoms. The van der Waals surface area contributed by atoms with Gasteiger partial charge in [0.25, 0.3) is 0 Å². The number of carbonyl (C=O) groups excluding carboxylic acids is 1. The fraction of sp³-hybridized carbons (Fsp3) is 0.476. The summed E-state index contributed by atoms with van der Waals surface area (Å²) in [5, 5.41) is 3.18. The average molecular weight is 398 g/mol. The van der Waals surface area contributed by atoms with Crippen LogP contribution >= 0.6 is 0 Å². The van der Waals surface area contributed by atoms with Crippen LogP contribution in [0.25, 0.3) is 0 Å². The summed E-state index contributed by atoms with van der Waals surface area (Å²) < 4.78 is 16.8. The van der Waals surface area contributed by atoms with Crippen molar-refractivity contribution in [3.05, 3.63) is 41.6 Å². The van der Waals surface area contributed by atoms with Crippen LogP contribution in [0.5, 0.6) is 0 Å². The molecule has 1 aromatic heterocycles. The highest BCUT2D eigenvalue weighted by atomic mass is 16.7. The van der Waals surface area contributed by atoms with Gasteiger partial charge in [-0.25, -0.2) is 9.78 Å². The van der Waals surface area contributed by atoms with Crippen molar-refractivity contribution in [3.63, 3.8) is 0 Å². The molecule has 8 nitrogen and oxygen atoms in total. The molecule has 1 N–H and O–H groups in total. The molecule has 0 aliphatic carbocycles. The zero-order valence-corrected chi connectivity index (χ0v) is 16.8. The van der Waals surface area contributed by atoms with Crippen LogP contribution in [0.4, 0.5) is 17.5 Å². The zero-order valence-electron chi connectivity index (χ0n) is 16.8. The highest BCUT2D eigenvalue weighted by Gasteiger charge is 2.40. The van der Waals surface area contributed by atoms with E-state index in [4.69, 9.17) is 14.2 Å². The van der Waals surface area contributed by atoms with Crippen LogP contribution in [0.2, 0.25) is 0 Å². The summed E-state index contributed by atoms with van der Waals surface area (Å²) in [7, 11) is 0. The van der Waals surface area contributed by atoms with Gasteiger partial charge in [-0.1, -0.05) is 12.1 Å². The molecular formula is C21H26N4O4. The van der Waals surface area contributed by atoms with Gasteiger partial charge in [0.15, 0.2) is 5.79 Å². The molecule has 1 spiro atoms. The van der Waals surface area contributed by atoms with Crippen molar-refractivity contribution in [2.24, 2.45) is 0 Å². The highest BCUT2D eigenvalue weighted by molar-refractivity contribution is 5.96. The van der Waals surface area contributed by atoms with Crippen molar-refractivity contribution in [1.29, 1.82) is 0 Å². The lowest BCUT2D eigenvalue weighted by molar-refractivity contribution is -0.169. The summed E-state index contributed by atoms with van der Waals surface area (Å²) in [5.74, 6) is 0.506. The summed E-state index contributed by atoms with van der Waals surface area (Å²) in [5.41, 5.74) is 1.92. The van der Waals surface area contributed by atoms with Gasteiger partial charge in [-0.15, -0.1) is 0 Å². The van der Waals surface area contributed by atoms with Gasteiger partial charge in [-0.2, -0.15) is 4.98 Å². The normalized spacial score (nSPS) is 18.1. The molecule has 154 valence electrons. The number of anilines is 3. The fourth-order valence-corrected chi connectivity index (χ4v) is 3.73. The maximum absolute atomic E-state index is 12.2. The van der Waals surface area contributed by atoms with E-state index in [1.54, 1.807) is 19.1 Å². The van der Waals surface area contributed by atoms with Crippen molar-refractivity contribution >= 4 is 23.4 Å². The Balaban J connectivity index is 1.52. The van der Waals surface area contributed by atoms with Crippen molar-refractivity contribution in [1.82, 2.24) is 9.97 Å². The molecule has 2 aliphatic rings. The number of para-hydroxylation sites is 1. The second-order valence-electron chi connectivity index (χ2n) is 7.18. The highest BCUT2D eigenvalue weighted by Crippen LogP contribution is 2.33. The van der Waals surface area contributed by atoms with E-state index in [2.05, 4.69) is 20.2 Å². The molecule has 0 unspecified atom stereocenters. The van der Waals surface area contributed by atoms with Crippen LogP contribution in [-0.4, -0.2) is 54.6 Å². The molecule has 0 amide bonds. The Morgan fingerprint density at radius 1 is 1.21 bits per heavy atom. The molecule has 0 bridgehead atoms. The van der Waals surface area contributed by atoms with E-state index < -0.39 is 5.79 Å². The molecule has 2 aromatic rings. The minimum absolute atomic E-state index is 0.322. The summed E-state index contributed by atoms with van der Waals surface area (Å²) >= 11 is 0. The topological polar surface area (TPSA) is 85.8 Å². The minimum atomic E-state index is -0.418. The van der Waals surface area contributed by atoms with Crippen LogP contribution in [0.15, 0.2) is 30.3 Å². The van der Waals surface area contributed by atoms with Gasteiger partial charge in [0.05, 0.1) is 31.1 Å². The van der Waals surface area contributed by atoms with Crippen molar-refractivity contribution in [2.75, 3.05) is 43.1 Å². The first-order valence-electron chi connectivity index (χ1n) is 10.0.